The predicted molar refractivity (Wildman–Crippen MR) is 81.9 cm³/mol. The molecule has 0 saturated heterocycles. The van der Waals surface area contributed by atoms with Crippen LogP contribution in [0.1, 0.15) is 42.9 Å². The van der Waals surface area contributed by atoms with Crippen LogP contribution in [-0.4, -0.2) is 12.0 Å². The Morgan fingerprint density at radius 2 is 2.05 bits per heavy atom. The number of rotatable bonds is 3. The summed E-state index contributed by atoms with van der Waals surface area (Å²) in [7, 11) is 1.97. The van der Waals surface area contributed by atoms with Gasteiger partial charge in [-0.15, -0.1) is 0 Å². The lowest BCUT2D eigenvalue weighted by Gasteiger charge is -2.18. The normalized spacial score (nSPS) is 14.4. The van der Waals surface area contributed by atoms with Crippen LogP contribution in [0, 0.1) is 0 Å². The Morgan fingerprint density at radius 1 is 1.21 bits per heavy atom. The smallest absolute Gasteiger partial charge is 0.129 e. The average molecular weight is 254 g/mol. The van der Waals surface area contributed by atoms with Crippen molar-refractivity contribution in [1.29, 1.82) is 0 Å². The minimum atomic E-state index is 1.06. The summed E-state index contributed by atoms with van der Waals surface area (Å²) in [4.78, 5) is 4.91. The highest BCUT2D eigenvalue weighted by Crippen LogP contribution is 2.30. The van der Waals surface area contributed by atoms with Crippen molar-refractivity contribution < 1.29 is 0 Å². The fraction of sp³-hybridized carbons (Fsp3) is 0.471. The van der Waals surface area contributed by atoms with Crippen molar-refractivity contribution in [2.24, 2.45) is 0 Å². The summed E-state index contributed by atoms with van der Waals surface area (Å²) in [6.07, 6.45) is 7.29. The van der Waals surface area contributed by atoms with Crippen molar-refractivity contribution in [3.05, 3.63) is 34.9 Å². The lowest BCUT2D eigenvalue weighted by Crippen LogP contribution is -2.06. The largest absolute Gasteiger partial charge is 0.373 e. The Labute approximate surface area is 115 Å². The molecule has 1 aliphatic carbocycles. The van der Waals surface area contributed by atoms with E-state index in [9.17, 15) is 0 Å². The minimum absolute atomic E-state index is 1.06. The molecule has 1 aromatic carbocycles. The Bertz CT molecular complexity index is 602. The van der Waals surface area contributed by atoms with Gasteiger partial charge in [-0.1, -0.05) is 25.5 Å². The molecule has 1 heterocycles. The van der Waals surface area contributed by atoms with Crippen molar-refractivity contribution in [1.82, 2.24) is 4.98 Å². The van der Waals surface area contributed by atoms with Crippen molar-refractivity contribution in [2.75, 3.05) is 12.4 Å². The molecule has 19 heavy (non-hydrogen) atoms. The van der Waals surface area contributed by atoms with E-state index in [0.29, 0.717) is 0 Å². The zero-order valence-corrected chi connectivity index (χ0v) is 11.9. The highest BCUT2D eigenvalue weighted by Gasteiger charge is 2.15. The standard InChI is InChI=1S/C17H22N2/c1-3-6-14-11-13-10-9-12-7-4-5-8-15(12)16(13)19-17(14)18-2/h9-11H,3-8H2,1-2H3,(H,18,19). The maximum absolute atomic E-state index is 4.91. The van der Waals surface area contributed by atoms with Gasteiger partial charge in [0.1, 0.15) is 5.82 Å². The number of fused-ring (bicyclic) bond motifs is 3. The maximum atomic E-state index is 4.91. The first-order chi connectivity index (χ1) is 9.33. The number of hydrogen-bond acceptors (Lipinski definition) is 2. The van der Waals surface area contributed by atoms with Gasteiger partial charge in [-0.3, -0.25) is 0 Å². The molecule has 0 atom stereocenters. The number of anilines is 1. The third-order valence-electron chi connectivity index (χ3n) is 4.15. The molecule has 0 saturated carbocycles. The van der Waals surface area contributed by atoms with Gasteiger partial charge in [0.2, 0.25) is 0 Å². The molecule has 3 rings (SSSR count). The van der Waals surface area contributed by atoms with Crippen LogP contribution in [0.2, 0.25) is 0 Å². The van der Waals surface area contributed by atoms with E-state index in [-0.39, 0.29) is 0 Å². The molecule has 2 aromatic rings. The zero-order valence-electron chi connectivity index (χ0n) is 11.9. The van der Waals surface area contributed by atoms with E-state index in [0.717, 1.165) is 18.7 Å². The molecule has 0 fully saturated rings. The summed E-state index contributed by atoms with van der Waals surface area (Å²) >= 11 is 0. The van der Waals surface area contributed by atoms with Crippen LogP contribution < -0.4 is 5.32 Å². The van der Waals surface area contributed by atoms with Crippen LogP contribution in [0.4, 0.5) is 5.82 Å². The lowest BCUT2D eigenvalue weighted by molar-refractivity contribution is 0.689. The minimum Gasteiger partial charge on any atom is -0.373 e. The van der Waals surface area contributed by atoms with E-state index in [1.165, 1.54) is 53.3 Å². The van der Waals surface area contributed by atoms with E-state index in [2.05, 4.69) is 30.4 Å². The van der Waals surface area contributed by atoms with E-state index in [1.807, 2.05) is 7.05 Å². The molecule has 0 unspecified atom stereocenters. The van der Waals surface area contributed by atoms with Crippen LogP contribution in [-0.2, 0) is 19.3 Å². The van der Waals surface area contributed by atoms with E-state index in [1.54, 1.807) is 0 Å². The summed E-state index contributed by atoms with van der Waals surface area (Å²) in [6.45, 7) is 2.22. The molecule has 0 spiro atoms. The molecule has 0 bridgehead atoms. The van der Waals surface area contributed by atoms with Gasteiger partial charge < -0.3 is 5.32 Å². The predicted octanol–water partition coefficient (Wildman–Crippen LogP) is 4.11. The van der Waals surface area contributed by atoms with Crippen LogP contribution in [0.25, 0.3) is 10.9 Å². The first-order valence-corrected chi connectivity index (χ1v) is 7.45. The molecule has 2 heteroatoms. The molecular weight excluding hydrogens is 232 g/mol. The van der Waals surface area contributed by atoms with Crippen molar-refractivity contribution >= 4 is 16.7 Å². The molecule has 0 aliphatic heterocycles. The van der Waals surface area contributed by atoms with Crippen LogP contribution >= 0.6 is 0 Å². The Morgan fingerprint density at radius 3 is 2.84 bits per heavy atom. The van der Waals surface area contributed by atoms with Gasteiger partial charge in [0, 0.05) is 12.4 Å². The maximum Gasteiger partial charge on any atom is 0.129 e. The summed E-state index contributed by atoms with van der Waals surface area (Å²) in [5, 5.41) is 4.58. The van der Waals surface area contributed by atoms with E-state index in [4.69, 9.17) is 4.98 Å². The van der Waals surface area contributed by atoms with Gasteiger partial charge in [-0.25, -0.2) is 4.98 Å². The molecule has 0 amide bonds. The van der Waals surface area contributed by atoms with Gasteiger partial charge in [-0.2, -0.15) is 0 Å². The third-order valence-corrected chi connectivity index (χ3v) is 4.15. The Balaban J connectivity index is 2.20. The summed E-state index contributed by atoms with van der Waals surface area (Å²) in [6, 6.07) is 6.89. The van der Waals surface area contributed by atoms with E-state index >= 15 is 0 Å². The second kappa shape index (κ2) is 5.20. The second-order valence-corrected chi connectivity index (χ2v) is 5.48. The topological polar surface area (TPSA) is 24.9 Å². The Hall–Kier alpha value is -1.57. The number of aryl methyl sites for hydroxylation is 3. The molecule has 2 nitrogen and oxygen atoms in total. The van der Waals surface area contributed by atoms with E-state index < -0.39 is 0 Å². The second-order valence-electron chi connectivity index (χ2n) is 5.48. The third kappa shape index (κ3) is 2.20. The van der Waals surface area contributed by atoms with Crippen molar-refractivity contribution in [3.8, 4) is 0 Å². The Kier molecular flexibility index (Phi) is 3.41. The number of nitrogens with one attached hydrogen (secondary N) is 1. The highest BCUT2D eigenvalue weighted by molar-refractivity contribution is 5.86. The first kappa shape index (κ1) is 12.5. The SMILES string of the molecule is CCCc1cc2ccc3c(c2nc1NC)CCCC3. The molecule has 1 aliphatic rings. The first-order valence-electron chi connectivity index (χ1n) is 7.45. The fourth-order valence-corrected chi connectivity index (χ4v) is 3.19. The summed E-state index contributed by atoms with van der Waals surface area (Å²) < 4.78 is 0. The molecule has 1 N–H and O–H groups in total. The zero-order chi connectivity index (χ0) is 13.2. The summed E-state index contributed by atoms with van der Waals surface area (Å²) in [5.41, 5.74) is 5.56. The number of nitrogens with zero attached hydrogens (tertiary/aromatic N) is 1. The van der Waals surface area contributed by atoms with Crippen LogP contribution in [0.3, 0.4) is 0 Å². The number of benzene rings is 1. The monoisotopic (exact) mass is 254 g/mol. The van der Waals surface area contributed by atoms with Gasteiger partial charge in [0.05, 0.1) is 5.52 Å². The van der Waals surface area contributed by atoms with Crippen LogP contribution in [0.15, 0.2) is 18.2 Å². The quantitative estimate of drug-likeness (QED) is 0.891. The molecular formula is C17H22N2. The van der Waals surface area contributed by atoms with Crippen molar-refractivity contribution in [2.45, 2.75) is 45.4 Å². The summed E-state index contributed by atoms with van der Waals surface area (Å²) in [5.74, 6) is 1.06. The van der Waals surface area contributed by atoms with Gasteiger partial charge >= 0.3 is 0 Å². The number of pyridine rings is 1. The fourth-order valence-electron chi connectivity index (χ4n) is 3.19. The van der Waals surface area contributed by atoms with Gasteiger partial charge in [0.25, 0.3) is 0 Å². The number of hydrogen-bond donors (Lipinski definition) is 1. The highest BCUT2D eigenvalue weighted by atomic mass is 15.0. The average Bonchev–Trinajstić information content (AvgIpc) is 2.46. The number of aromatic nitrogens is 1. The lowest BCUT2D eigenvalue weighted by atomic mass is 9.89. The molecule has 0 radical (unpaired) electrons. The van der Waals surface area contributed by atoms with Gasteiger partial charge in [0.15, 0.2) is 0 Å². The van der Waals surface area contributed by atoms with Crippen molar-refractivity contribution in [3.63, 3.8) is 0 Å². The molecule has 100 valence electrons. The molecule has 1 aromatic heterocycles. The van der Waals surface area contributed by atoms with Crippen LogP contribution in [0.5, 0.6) is 0 Å². The van der Waals surface area contributed by atoms with Gasteiger partial charge in [-0.05, 0) is 54.9 Å².